The van der Waals surface area contributed by atoms with Crippen LogP contribution in [-0.2, 0) is 12.0 Å². The highest BCUT2D eigenvalue weighted by atomic mass is 31.2. The minimum atomic E-state index is -2.62. The van der Waals surface area contributed by atoms with E-state index in [0.717, 1.165) is 50.3 Å². The molecule has 0 aliphatic carbocycles. The van der Waals surface area contributed by atoms with E-state index in [9.17, 15) is 9.84 Å². The molecule has 8 nitrogen and oxygen atoms in total. The Morgan fingerprint density at radius 3 is 0.748 bits per heavy atom. The first-order valence-electron chi connectivity index (χ1n) is 37.4. The Labute approximate surface area is 638 Å². The molecule has 0 saturated carbocycles. The van der Waals surface area contributed by atoms with Gasteiger partial charge in [0, 0.05) is 69.4 Å². The fraction of sp³-hybridized carbons (Fsp3) is 0.258. The van der Waals surface area contributed by atoms with Gasteiger partial charge < -0.3 is 39.2 Å². The van der Waals surface area contributed by atoms with Gasteiger partial charge in [-0.1, -0.05) is 347 Å². The van der Waals surface area contributed by atoms with Crippen molar-refractivity contribution in [1.82, 2.24) is 0 Å². The van der Waals surface area contributed by atoms with Crippen molar-refractivity contribution in [3.8, 4) is 5.75 Å². The van der Waals surface area contributed by atoms with Crippen LogP contribution in [0.2, 0.25) is 0 Å². The van der Waals surface area contributed by atoms with Gasteiger partial charge in [0.1, 0.15) is 5.75 Å². The van der Waals surface area contributed by atoms with E-state index >= 15 is 0 Å². The summed E-state index contributed by atoms with van der Waals surface area (Å²) in [4.78, 5) is 43.4. The minimum absolute atomic E-state index is 0.00811. The lowest BCUT2D eigenvalue weighted by atomic mass is 9.59. The molecule has 12 aromatic rings. The second-order valence-electron chi connectivity index (χ2n) is 29.5. The molecule has 0 spiro atoms. The number of aliphatic hydroxyl groups is 1. The van der Waals surface area contributed by atoms with Gasteiger partial charge in [0.15, 0.2) is 5.60 Å². The second-order valence-corrected chi connectivity index (χ2v) is 30.6. The van der Waals surface area contributed by atoms with Gasteiger partial charge in [-0.3, -0.25) is 0 Å². The average molecular weight is 1460 g/mol. The standard InChI is InChI=1S/C97H100O2.2H3O3P/c1-64-54-84(89(72(9)80-46-30-18-31-47-80)58-85(64)68(5)76-38-22-14-23-39-76)62-96(13,63-98)97(93-55-65(2)86(69(6)77-40-24-15-25-41-77)59-90(93)73(10)81-48-32-19-33-49-81,94-56-66(3)87(70(7)78-42-26-16-27-43-78)60-91(94)74(11)82-50-34-20-35-51-82)99-95-57-67(4)88(71(8)79-44-28-17-29-45-79)61-92(95)75(12)83-52-36-21-37-53-83;2*1-4(2)3/h14-61,68-75,98H,62-63H2,1-13H3;2*1-3H. The van der Waals surface area contributed by atoms with E-state index in [2.05, 4.69) is 381 Å². The smallest absolute Gasteiger partial charge is 0.324 e. The largest absolute Gasteiger partial charge is 0.477 e. The lowest BCUT2D eigenvalue weighted by Crippen LogP contribution is -2.54. The molecule has 0 radical (unpaired) electrons. The summed E-state index contributed by atoms with van der Waals surface area (Å²) >= 11 is 0. The maximum atomic E-state index is 14.0. The summed E-state index contributed by atoms with van der Waals surface area (Å²) < 4.78 is 9.21. The third kappa shape index (κ3) is 18.6. The summed E-state index contributed by atoms with van der Waals surface area (Å²) in [5.41, 5.74) is 24.9. The molecule has 0 heterocycles. The summed E-state index contributed by atoms with van der Waals surface area (Å²) in [6.07, 6.45) is 0.448. The number of ether oxygens (including phenoxy) is 1. The van der Waals surface area contributed by atoms with Crippen LogP contribution >= 0.6 is 17.2 Å². The Bertz CT molecular complexity index is 4640. The molecule has 0 bridgehead atoms. The number of hydrogen-bond donors (Lipinski definition) is 7. The highest BCUT2D eigenvalue weighted by Crippen LogP contribution is 2.58. The fourth-order valence-corrected chi connectivity index (χ4v) is 16.5. The molecule has 9 unspecified atom stereocenters. The second kappa shape index (κ2) is 36.7. The minimum Gasteiger partial charge on any atom is -0.477 e. The van der Waals surface area contributed by atoms with Crippen molar-refractivity contribution < 1.29 is 39.2 Å². The van der Waals surface area contributed by atoms with E-state index in [0.29, 0.717) is 6.42 Å². The monoisotopic (exact) mass is 1460 g/mol. The van der Waals surface area contributed by atoms with Crippen molar-refractivity contribution in [2.75, 3.05) is 6.61 Å². The molecule has 0 amide bonds. The van der Waals surface area contributed by atoms with Crippen LogP contribution in [0.15, 0.2) is 291 Å². The number of hydrogen-bond acceptors (Lipinski definition) is 8. The van der Waals surface area contributed by atoms with Crippen LogP contribution in [0.1, 0.15) is 238 Å². The Morgan fingerprint density at radius 1 is 0.280 bits per heavy atom. The number of benzene rings is 12. The van der Waals surface area contributed by atoms with Crippen LogP contribution < -0.4 is 4.74 Å². The summed E-state index contributed by atoms with van der Waals surface area (Å²) in [5.74, 6) is 0.700. The van der Waals surface area contributed by atoms with Crippen molar-refractivity contribution in [3.63, 3.8) is 0 Å². The maximum absolute atomic E-state index is 14.0. The van der Waals surface area contributed by atoms with E-state index in [1.54, 1.807) is 0 Å². The van der Waals surface area contributed by atoms with E-state index in [-0.39, 0.29) is 54.0 Å². The summed E-state index contributed by atoms with van der Waals surface area (Å²) in [6, 6.07) is 108. The van der Waals surface area contributed by atoms with Gasteiger partial charge in [0.25, 0.3) is 0 Å². The Kier molecular flexibility index (Phi) is 27.7. The van der Waals surface area contributed by atoms with Crippen molar-refractivity contribution >= 4 is 17.2 Å². The third-order valence-corrected chi connectivity index (χ3v) is 22.7. The number of aryl methyl sites for hydroxylation is 4. The highest BCUT2D eigenvalue weighted by Gasteiger charge is 2.57. The van der Waals surface area contributed by atoms with Crippen molar-refractivity contribution in [3.05, 3.63) is 419 Å². The lowest BCUT2D eigenvalue weighted by molar-refractivity contribution is -0.0581. The molecule has 0 saturated heterocycles. The first-order chi connectivity index (χ1) is 51.4. The molecule has 10 heteroatoms. The summed E-state index contributed by atoms with van der Waals surface area (Å²) in [7, 11) is -5.24. The maximum Gasteiger partial charge on any atom is 0.324 e. The van der Waals surface area contributed by atoms with E-state index in [1.165, 1.54) is 83.5 Å². The molecule has 0 aromatic heterocycles. The summed E-state index contributed by atoms with van der Waals surface area (Å²) in [6.45, 7) is 30.3. The zero-order valence-electron chi connectivity index (χ0n) is 64.2. The molecular weight excluding hydrogens is 1360 g/mol. The first-order valence-corrected chi connectivity index (χ1v) is 39.8. The Morgan fingerprint density at radius 2 is 0.486 bits per heavy atom. The van der Waals surface area contributed by atoms with Crippen LogP contribution in [0, 0.1) is 33.1 Å². The third-order valence-electron chi connectivity index (χ3n) is 22.7. The zero-order valence-corrected chi connectivity index (χ0v) is 66.0. The van der Waals surface area contributed by atoms with Crippen molar-refractivity contribution in [2.24, 2.45) is 5.41 Å². The van der Waals surface area contributed by atoms with Crippen molar-refractivity contribution in [2.45, 2.75) is 149 Å². The van der Waals surface area contributed by atoms with Gasteiger partial charge in [-0.2, -0.15) is 0 Å². The van der Waals surface area contributed by atoms with Crippen LogP contribution in [0.3, 0.4) is 0 Å². The van der Waals surface area contributed by atoms with Crippen LogP contribution in [0.4, 0.5) is 0 Å². The molecule has 9 atom stereocenters. The first kappa shape index (κ1) is 80.6. The Hall–Kier alpha value is -8.98. The van der Waals surface area contributed by atoms with E-state index in [1.807, 2.05) is 0 Å². The van der Waals surface area contributed by atoms with Gasteiger partial charge in [0.05, 0.1) is 6.61 Å². The fourth-order valence-electron chi connectivity index (χ4n) is 16.5. The predicted molar refractivity (Wildman–Crippen MR) is 444 cm³/mol. The predicted octanol–water partition coefficient (Wildman–Crippen LogP) is 23.1. The topological polar surface area (TPSA) is 151 Å². The van der Waals surface area contributed by atoms with Crippen LogP contribution in [0.25, 0.3) is 0 Å². The van der Waals surface area contributed by atoms with E-state index < -0.39 is 28.2 Å². The summed E-state index contributed by atoms with van der Waals surface area (Å²) in [5, 5.41) is 14.0. The van der Waals surface area contributed by atoms with Gasteiger partial charge in [0.2, 0.25) is 0 Å². The quantitative estimate of drug-likeness (QED) is 0.0296. The van der Waals surface area contributed by atoms with Gasteiger partial charge >= 0.3 is 17.2 Å². The van der Waals surface area contributed by atoms with Gasteiger partial charge in [-0.15, -0.1) is 0 Å². The van der Waals surface area contributed by atoms with Gasteiger partial charge in [-0.05, 0) is 151 Å². The molecular formula is C97H106O8P2. The number of rotatable bonds is 24. The van der Waals surface area contributed by atoms with Gasteiger partial charge in [-0.25, -0.2) is 0 Å². The molecule has 107 heavy (non-hydrogen) atoms. The molecule has 552 valence electrons. The molecule has 12 rings (SSSR count). The lowest BCUT2D eigenvalue weighted by Gasteiger charge is -2.52. The average Bonchev–Trinajstić information content (AvgIpc) is 0.698. The molecule has 12 aromatic carbocycles. The molecule has 0 fully saturated rings. The zero-order chi connectivity index (χ0) is 76.7. The molecule has 0 aliphatic rings. The SMILES string of the molecule is Cc1cc(CC(C)(CO)C(Oc2cc(C)c(C(C)c3ccccc3)cc2C(C)c2ccccc2)(c2cc(C)c(C(C)c3ccccc3)cc2C(C)c2ccccc2)c2cc(C)c(C(C)c3ccccc3)cc2C(C)c2ccccc2)c(C(C)c2ccccc2)cc1C(C)c1ccccc1.OP(O)O.OP(O)O. The van der Waals surface area contributed by atoms with Crippen LogP contribution in [-0.4, -0.2) is 41.1 Å². The van der Waals surface area contributed by atoms with Crippen molar-refractivity contribution in [1.29, 1.82) is 0 Å². The molecule has 7 N–H and O–H groups in total. The van der Waals surface area contributed by atoms with E-state index in [4.69, 9.17) is 29.4 Å². The highest BCUT2D eigenvalue weighted by molar-refractivity contribution is 7.38. The van der Waals surface area contributed by atoms with Crippen LogP contribution in [0.5, 0.6) is 5.75 Å². The molecule has 0 aliphatic heterocycles. The Balaban J connectivity index is 0.00000146. The number of aliphatic hydroxyl groups excluding tert-OH is 1. The normalized spacial score (nSPS) is 14.8.